The van der Waals surface area contributed by atoms with Crippen molar-refractivity contribution in [2.24, 2.45) is 5.92 Å². The largest absolute Gasteiger partial charge is 0.469 e. The van der Waals surface area contributed by atoms with Gasteiger partial charge >= 0.3 is 12.1 Å². The number of carbonyl (C=O) groups is 2. The fraction of sp³-hybridized carbons (Fsp3) is 0.556. The lowest BCUT2D eigenvalue weighted by Crippen LogP contribution is -2.46. The molecular formula is C18H25NO4. The van der Waals surface area contributed by atoms with E-state index in [1.165, 1.54) is 7.11 Å². The van der Waals surface area contributed by atoms with Crippen LogP contribution >= 0.6 is 0 Å². The number of methoxy groups -OCH3 is 1. The summed E-state index contributed by atoms with van der Waals surface area (Å²) in [4.78, 5) is 26.1. The normalized spacial score (nSPS) is 21.7. The lowest BCUT2D eigenvalue weighted by atomic mass is 9.81. The molecule has 1 fully saturated rings. The maximum Gasteiger partial charge on any atom is 0.410 e. The van der Waals surface area contributed by atoms with Crippen molar-refractivity contribution >= 4 is 12.1 Å². The summed E-state index contributed by atoms with van der Waals surface area (Å²) < 4.78 is 10.4. The summed E-state index contributed by atoms with van der Waals surface area (Å²) in [5.41, 5.74) is 0.509. The van der Waals surface area contributed by atoms with Gasteiger partial charge in [-0.1, -0.05) is 30.3 Å². The molecule has 0 radical (unpaired) electrons. The Morgan fingerprint density at radius 3 is 2.39 bits per heavy atom. The highest BCUT2D eigenvalue weighted by Gasteiger charge is 2.38. The maximum absolute atomic E-state index is 12.3. The Hall–Kier alpha value is -2.04. The number of hydrogen-bond donors (Lipinski definition) is 0. The zero-order chi connectivity index (χ0) is 17.0. The van der Waals surface area contributed by atoms with Crippen molar-refractivity contribution < 1.29 is 19.1 Å². The fourth-order valence-electron chi connectivity index (χ4n) is 2.92. The van der Waals surface area contributed by atoms with Gasteiger partial charge in [0.1, 0.15) is 5.60 Å². The molecule has 1 aliphatic rings. The van der Waals surface area contributed by atoms with Crippen LogP contribution in [0.2, 0.25) is 0 Å². The molecule has 1 aromatic rings. The number of esters is 1. The number of rotatable bonds is 2. The van der Waals surface area contributed by atoms with Gasteiger partial charge in [-0.2, -0.15) is 0 Å². The number of piperidine rings is 1. The Bertz CT molecular complexity index is 550. The average molecular weight is 319 g/mol. The van der Waals surface area contributed by atoms with Gasteiger partial charge in [-0.25, -0.2) is 4.79 Å². The fourth-order valence-corrected chi connectivity index (χ4v) is 2.92. The SMILES string of the molecule is COC(=O)C1CCN(C(=O)OC(C)(C)C)CC1c1ccccc1. The van der Waals surface area contributed by atoms with Gasteiger partial charge in [0.15, 0.2) is 0 Å². The van der Waals surface area contributed by atoms with E-state index >= 15 is 0 Å². The van der Waals surface area contributed by atoms with Gasteiger partial charge in [-0.05, 0) is 32.8 Å². The number of benzene rings is 1. The predicted molar refractivity (Wildman–Crippen MR) is 87.1 cm³/mol. The smallest absolute Gasteiger partial charge is 0.410 e. The van der Waals surface area contributed by atoms with Crippen molar-refractivity contribution in [2.75, 3.05) is 20.2 Å². The lowest BCUT2D eigenvalue weighted by molar-refractivity contribution is -0.147. The first-order chi connectivity index (χ1) is 10.8. The van der Waals surface area contributed by atoms with E-state index in [0.717, 1.165) is 5.56 Å². The molecular weight excluding hydrogens is 294 g/mol. The van der Waals surface area contributed by atoms with Crippen molar-refractivity contribution in [3.63, 3.8) is 0 Å². The van der Waals surface area contributed by atoms with Crippen LogP contribution in [-0.4, -0.2) is 42.8 Å². The molecule has 0 aromatic heterocycles. The molecule has 1 aliphatic heterocycles. The first-order valence-corrected chi connectivity index (χ1v) is 7.92. The Morgan fingerprint density at radius 2 is 1.83 bits per heavy atom. The third-order valence-electron chi connectivity index (χ3n) is 4.00. The van der Waals surface area contributed by atoms with E-state index in [1.807, 2.05) is 51.1 Å². The summed E-state index contributed by atoms with van der Waals surface area (Å²) in [6.07, 6.45) is 0.243. The van der Waals surface area contributed by atoms with Crippen LogP contribution in [0.5, 0.6) is 0 Å². The van der Waals surface area contributed by atoms with Crippen LogP contribution in [0.15, 0.2) is 30.3 Å². The second kappa shape index (κ2) is 7.02. The third-order valence-corrected chi connectivity index (χ3v) is 4.00. The molecule has 2 unspecified atom stereocenters. The Labute approximate surface area is 137 Å². The second-order valence-corrected chi connectivity index (χ2v) is 6.86. The van der Waals surface area contributed by atoms with Gasteiger partial charge in [0.2, 0.25) is 0 Å². The second-order valence-electron chi connectivity index (χ2n) is 6.86. The topological polar surface area (TPSA) is 55.8 Å². The quantitative estimate of drug-likeness (QED) is 0.786. The molecule has 0 N–H and O–H groups in total. The third kappa shape index (κ3) is 4.47. The lowest BCUT2D eigenvalue weighted by Gasteiger charge is -2.38. The number of carbonyl (C=O) groups excluding carboxylic acids is 2. The molecule has 126 valence electrons. The summed E-state index contributed by atoms with van der Waals surface area (Å²) in [5, 5.41) is 0. The van der Waals surface area contributed by atoms with Gasteiger partial charge in [0.05, 0.1) is 13.0 Å². The summed E-state index contributed by atoms with van der Waals surface area (Å²) in [6.45, 7) is 6.50. The predicted octanol–water partition coefficient (Wildman–Crippen LogP) is 3.20. The maximum atomic E-state index is 12.3. The molecule has 0 aliphatic carbocycles. The van der Waals surface area contributed by atoms with Gasteiger partial charge in [0.25, 0.3) is 0 Å². The molecule has 1 amide bonds. The minimum absolute atomic E-state index is 0.0788. The Morgan fingerprint density at radius 1 is 1.17 bits per heavy atom. The molecule has 5 heteroatoms. The van der Waals surface area contributed by atoms with Gasteiger partial charge in [0, 0.05) is 19.0 Å². The molecule has 1 heterocycles. The molecule has 0 saturated carbocycles. The van der Waals surface area contributed by atoms with E-state index in [0.29, 0.717) is 19.5 Å². The molecule has 1 saturated heterocycles. The van der Waals surface area contributed by atoms with Gasteiger partial charge in [-0.3, -0.25) is 4.79 Å². The number of nitrogens with zero attached hydrogens (tertiary/aromatic N) is 1. The van der Waals surface area contributed by atoms with Crippen LogP contribution in [0.25, 0.3) is 0 Å². The van der Waals surface area contributed by atoms with Crippen LogP contribution in [0.4, 0.5) is 4.79 Å². The van der Waals surface area contributed by atoms with Crippen LogP contribution in [-0.2, 0) is 14.3 Å². The molecule has 0 bridgehead atoms. The molecule has 2 atom stereocenters. The number of likely N-dealkylation sites (tertiary alicyclic amines) is 1. The first-order valence-electron chi connectivity index (χ1n) is 7.92. The molecule has 23 heavy (non-hydrogen) atoms. The first kappa shape index (κ1) is 17.3. The standard InChI is InChI=1S/C18H25NO4/c1-18(2,3)23-17(21)19-11-10-14(16(20)22-4)15(12-19)13-8-6-5-7-9-13/h5-9,14-15H,10-12H2,1-4H3. The number of ether oxygens (including phenoxy) is 2. The highest BCUT2D eigenvalue weighted by atomic mass is 16.6. The summed E-state index contributed by atoms with van der Waals surface area (Å²) in [5.74, 6) is -0.534. The summed E-state index contributed by atoms with van der Waals surface area (Å²) >= 11 is 0. The van der Waals surface area contributed by atoms with Crippen LogP contribution in [0.1, 0.15) is 38.7 Å². The van der Waals surface area contributed by atoms with E-state index in [4.69, 9.17) is 9.47 Å². The summed E-state index contributed by atoms with van der Waals surface area (Å²) in [6, 6.07) is 9.79. The van der Waals surface area contributed by atoms with Crippen LogP contribution in [0, 0.1) is 5.92 Å². The zero-order valence-corrected chi connectivity index (χ0v) is 14.2. The number of amides is 1. The van der Waals surface area contributed by atoms with Crippen molar-refractivity contribution in [3.8, 4) is 0 Å². The Balaban J connectivity index is 2.18. The number of hydrogen-bond acceptors (Lipinski definition) is 4. The average Bonchev–Trinajstić information content (AvgIpc) is 2.52. The van der Waals surface area contributed by atoms with E-state index in [9.17, 15) is 9.59 Å². The molecule has 0 spiro atoms. The zero-order valence-electron chi connectivity index (χ0n) is 14.2. The van der Waals surface area contributed by atoms with Crippen LogP contribution in [0.3, 0.4) is 0 Å². The van der Waals surface area contributed by atoms with E-state index in [1.54, 1.807) is 4.90 Å². The van der Waals surface area contributed by atoms with E-state index < -0.39 is 5.60 Å². The van der Waals surface area contributed by atoms with Crippen molar-refractivity contribution in [1.29, 1.82) is 0 Å². The van der Waals surface area contributed by atoms with Gasteiger partial charge < -0.3 is 14.4 Å². The Kier molecular flexibility index (Phi) is 5.29. The van der Waals surface area contributed by atoms with Gasteiger partial charge in [-0.15, -0.1) is 0 Å². The molecule has 1 aromatic carbocycles. The monoisotopic (exact) mass is 319 g/mol. The molecule has 2 rings (SSSR count). The van der Waals surface area contributed by atoms with Crippen molar-refractivity contribution in [1.82, 2.24) is 4.90 Å². The molecule has 5 nitrogen and oxygen atoms in total. The minimum Gasteiger partial charge on any atom is -0.469 e. The van der Waals surface area contributed by atoms with E-state index in [2.05, 4.69) is 0 Å². The highest BCUT2D eigenvalue weighted by molar-refractivity contribution is 5.75. The minimum atomic E-state index is -0.529. The van der Waals surface area contributed by atoms with E-state index in [-0.39, 0.29) is 23.9 Å². The highest BCUT2D eigenvalue weighted by Crippen LogP contribution is 2.33. The van der Waals surface area contributed by atoms with Crippen LogP contribution < -0.4 is 0 Å². The van der Waals surface area contributed by atoms with Crippen molar-refractivity contribution in [3.05, 3.63) is 35.9 Å². The summed E-state index contributed by atoms with van der Waals surface area (Å²) in [7, 11) is 1.41. The van der Waals surface area contributed by atoms with Crippen molar-refractivity contribution in [2.45, 2.75) is 38.7 Å².